The summed E-state index contributed by atoms with van der Waals surface area (Å²) in [6.45, 7) is 10.9. The average Bonchev–Trinajstić information content (AvgIpc) is 2.34. The van der Waals surface area contributed by atoms with Crippen LogP contribution < -0.4 is 0 Å². The Morgan fingerprint density at radius 1 is 1.12 bits per heavy atom. The van der Waals surface area contributed by atoms with Crippen molar-refractivity contribution < 1.29 is 5.11 Å². The molecule has 94 valence electrons. The molecule has 2 unspecified atom stereocenters. The molecule has 1 aromatic rings. The van der Waals surface area contributed by atoms with Gasteiger partial charge in [-0.25, -0.2) is 0 Å². The van der Waals surface area contributed by atoms with E-state index in [1.165, 1.54) is 11.1 Å². The highest BCUT2D eigenvalue weighted by atomic mass is 16.3. The van der Waals surface area contributed by atoms with Gasteiger partial charge < -0.3 is 5.11 Å². The first-order chi connectivity index (χ1) is 7.73. The molecule has 0 saturated heterocycles. The number of rotatable bonds is 1. The summed E-state index contributed by atoms with van der Waals surface area (Å²) < 4.78 is 0. The van der Waals surface area contributed by atoms with Crippen LogP contribution in [0.25, 0.3) is 0 Å². The first kappa shape index (κ1) is 12.6. The number of hydrogen-bond donors (Lipinski definition) is 1. The van der Waals surface area contributed by atoms with E-state index >= 15 is 0 Å². The Balaban J connectivity index is 2.45. The molecular formula is C16H24O. The predicted molar refractivity (Wildman–Crippen MR) is 72.0 cm³/mol. The Bertz CT molecular complexity index is 413. The molecule has 0 aromatic heterocycles. The fourth-order valence-electron chi connectivity index (χ4n) is 3.58. The fourth-order valence-corrected chi connectivity index (χ4v) is 3.58. The van der Waals surface area contributed by atoms with Crippen LogP contribution in [-0.4, -0.2) is 5.11 Å². The quantitative estimate of drug-likeness (QED) is 0.777. The minimum atomic E-state index is -0.639. The molecular weight excluding hydrogens is 208 g/mol. The van der Waals surface area contributed by atoms with E-state index in [4.69, 9.17) is 0 Å². The molecule has 1 saturated carbocycles. The molecule has 1 N–H and O–H groups in total. The maximum absolute atomic E-state index is 11.0. The summed E-state index contributed by atoms with van der Waals surface area (Å²) in [6, 6.07) is 6.45. The highest BCUT2D eigenvalue weighted by Crippen LogP contribution is 2.52. The van der Waals surface area contributed by atoms with E-state index in [1.54, 1.807) is 0 Å². The molecule has 1 fully saturated rings. The van der Waals surface area contributed by atoms with Crippen molar-refractivity contribution in [2.45, 2.75) is 53.1 Å². The van der Waals surface area contributed by atoms with Gasteiger partial charge in [-0.05, 0) is 43.6 Å². The Morgan fingerprint density at radius 2 is 1.65 bits per heavy atom. The van der Waals surface area contributed by atoms with Gasteiger partial charge in [0.2, 0.25) is 0 Å². The molecule has 1 heteroatoms. The van der Waals surface area contributed by atoms with Crippen molar-refractivity contribution in [2.24, 2.45) is 11.3 Å². The van der Waals surface area contributed by atoms with E-state index in [0.717, 1.165) is 18.4 Å². The molecule has 1 nitrogen and oxygen atoms in total. The standard InChI is InChI=1S/C16H24O/c1-11-6-12(2)8-14(7-11)16(17)10-15(4,5)9-13(16)3/h6-8,13,17H,9-10H2,1-5H3. The van der Waals surface area contributed by atoms with Crippen molar-refractivity contribution in [1.29, 1.82) is 0 Å². The Kier molecular flexibility index (Phi) is 2.86. The first-order valence-corrected chi connectivity index (χ1v) is 6.54. The molecule has 1 aliphatic carbocycles. The van der Waals surface area contributed by atoms with Crippen molar-refractivity contribution in [3.05, 3.63) is 34.9 Å². The first-order valence-electron chi connectivity index (χ1n) is 6.54. The van der Waals surface area contributed by atoms with Crippen LogP contribution in [-0.2, 0) is 5.60 Å². The monoisotopic (exact) mass is 232 g/mol. The Labute approximate surface area is 105 Å². The third kappa shape index (κ3) is 2.26. The smallest absolute Gasteiger partial charge is 0.0927 e. The lowest BCUT2D eigenvalue weighted by Gasteiger charge is -2.30. The van der Waals surface area contributed by atoms with Crippen LogP contribution in [0.15, 0.2) is 18.2 Å². The summed E-state index contributed by atoms with van der Waals surface area (Å²) in [4.78, 5) is 0. The summed E-state index contributed by atoms with van der Waals surface area (Å²) in [6.07, 6.45) is 1.96. The molecule has 17 heavy (non-hydrogen) atoms. The van der Waals surface area contributed by atoms with Crippen LogP contribution in [0.5, 0.6) is 0 Å². The van der Waals surface area contributed by atoms with E-state index < -0.39 is 5.60 Å². The van der Waals surface area contributed by atoms with Crippen LogP contribution in [0.1, 0.15) is 50.3 Å². The highest BCUT2D eigenvalue weighted by molar-refractivity contribution is 5.34. The summed E-state index contributed by atoms with van der Waals surface area (Å²) in [5.74, 6) is 0.332. The van der Waals surface area contributed by atoms with Crippen molar-refractivity contribution >= 4 is 0 Å². The fraction of sp³-hybridized carbons (Fsp3) is 0.625. The van der Waals surface area contributed by atoms with Gasteiger partial charge in [-0.2, -0.15) is 0 Å². The molecule has 0 spiro atoms. The largest absolute Gasteiger partial charge is 0.385 e. The third-order valence-electron chi connectivity index (χ3n) is 4.14. The van der Waals surface area contributed by atoms with Crippen LogP contribution in [0.2, 0.25) is 0 Å². The maximum Gasteiger partial charge on any atom is 0.0927 e. The zero-order chi connectivity index (χ0) is 12.8. The van der Waals surface area contributed by atoms with Gasteiger partial charge in [0.15, 0.2) is 0 Å². The lowest BCUT2D eigenvalue weighted by molar-refractivity contribution is -0.000941. The van der Waals surface area contributed by atoms with Crippen LogP contribution in [0.3, 0.4) is 0 Å². The predicted octanol–water partition coefficient (Wildman–Crippen LogP) is 3.95. The van der Waals surface area contributed by atoms with E-state index in [-0.39, 0.29) is 5.41 Å². The van der Waals surface area contributed by atoms with E-state index in [9.17, 15) is 5.11 Å². The average molecular weight is 232 g/mol. The summed E-state index contributed by atoms with van der Waals surface area (Å²) in [5.41, 5.74) is 3.19. The Morgan fingerprint density at radius 3 is 2.06 bits per heavy atom. The lowest BCUT2D eigenvalue weighted by Crippen LogP contribution is -2.29. The zero-order valence-electron chi connectivity index (χ0n) is 11.7. The molecule has 0 amide bonds. The Hall–Kier alpha value is -0.820. The number of benzene rings is 1. The third-order valence-corrected chi connectivity index (χ3v) is 4.14. The van der Waals surface area contributed by atoms with Gasteiger partial charge >= 0.3 is 0 Å². The van der Waals surface area contributed by atoms with Gasteiger partial charge in [-0.3, -0.25) is 0 Å². The summed E-state index contributed by atoms with van der Waals surface area (Å²) >= 11 is 0. The number of aliphatic hydroxyl groups is 1. The van der Waals surface area contributed by atoms with Gasteiger partial charge in [0.1, 0.15) is 0 Å². The highest BCUT2D eigenvalue weighted by Gasteiger charge is 2.48. The molecule has 0 radical (unpaired) electrons. The van der Waals surface area contributed by atoms with Crippen LogP contribution in [0, 0.1) is 25.2 Å². The molecule has 2 atom stereocenters. The van der Waals surface area contributed by atoms with Crippen LogP contribution in [0.4, 0.5) is 0 Å². The maximum atomic E-state index is 11.0. The normalized spacial score (nSPS) is 31.8. The van der Waals surface area contributed by atoms with Gasteiger partial charge in [0, 0.05) is 0 Å². The molecule has 0 heterocycles. The van der Waals surface area contributed by atoms with Crippen molar-refractivity contribution in [3.8, 4) is 0 Å². The minimum Gasteiger partial charge on any atom is -0.385 e. The van der Waals surface area contributed by atoms with Gasteiger partial charge in [0.25, 0.3) is 0 Å². The molecule has 2 rings (SSSR count). The second kappa shape index (κ2) is 3.84. The van der Waals surface area contributed by atoms with Gasteiger partial charge in [-0.1, -0.05) is 50.1 Å². The zero-order valence-corrected chi connectivity index (χ0v) is 11.7. The topological polar surface area (TPSA) is 20.2 Å². The molecule has 0 aliphatic heterocycles. The molecule has 1 aliphatic rings. The van der Waals surface area contributed by atoms with Crippen molar-refractivity contribution in [1.82, 2.24) is 0 Å². The minimum absolute atomic E-state index is 0.242. The van der Waals surface area contributed by atoms with Crippen LogP contribution >= 0.6 is 0 Å². The second-order valence-electron chi connectivity index (χ2n) is 6.75. The van der Waals surface area contributed by atoms with Crippen molar-refractivity contribution in [3.63, 3.8) is 0 Å². The SMILES string of the molecule is Cc1cc(C)cc(C2(O)CC(C)(C)CC2C)c1. The van der Waals surface area contributed by atoms with Gasteiger partial charge in [-0.15, -0.1) is 0 Å². The van der Waals surface area contributed by atoms with E-state index in [1.807, 2.05) is 0 Å². The van der Waals surface area contributed by atoms with E-state index in [2.05, 4.69) is 52.8 Å². The molecule has 0 bridgehead atoms. The van der Waals surface area contributed by atoms with Gasteiger partial charge in [0.05, 0.1) is 5.60 Å². The van der Waals surface area contributed by atoms with E-state index in [0.29, 0.717) is 5.92 Å². The number of hydrogen-bond acceptors (Lipinski definition) is 1. The summed E-state index contributed by atoms with van der Waals surface area (Å²) in [5, 5.41) is 11.0. The second-order valence-corrected chi connectivity index (χ2v) is 6.75. The summed E-state index contributed by atoms with van der Waals surface area (Å²) in [7, 11) is 0. The number of aryl methyl sites for hydroxylation is 2. The van der Waals surface area contributed by atoms with Crippen molar-refractivity contribution in [2.75, 3.05) is 0 Å². The molecule has 1 aromatic carbocycles. The lowest BCUT2D eigenvalue weighted by atomic mass is 9.82.